The Bertz CT molecular complexity index is 1100. The van der Waals surface area contributed by atoms with Gasteiger partial charge in [0, 0.05) is 21.7 Å². The van der Waals surface area contributed by atoms with Gasteiger partial charge in [0.05, 0.1) is 17.2 Å². The Morgan fingerprint density at radius 3 is 2.62 bits per heavy atom. The van der Waals surface area contributed by atoms with Crippen molar-refractivity contribution in [2.75, 3.05) is 26.3 Å². The lowest BCUT2D eigenvalue weighted by Crippen LogP contribution is -3.14. The molecule has 0 aromatic heterocycles. The zero-order valence-corrected chi connectivity index (χ0v) is 17.8. The highest BCUT2D eigenvalue weighted by molar-refractivity contribution is 9.10. The predicted octanol–water partition coefficient (Wildman–Crippen LogP) is 0.577. The summed E-state index contributed by atoms with van der Waals surface area (Å²) in [6.07, 6.45) is 1.56. The average molecular weight is 480 g/mol. The number of aliphatic hydroxyl groups is 2. The quantitative estimate of drug-likeness (QED) is 0.595. The monoisotopic (exact) mass is 479 g/mol. The van der Waals surface area contributed by atoms with Gasteiger partial charge in [-0.15, -0.1) is 0 Å². The van der Waals surface area contributed by atoms with Crippen LogP contribution in [0.1, 0.15) is 11.1 Å². The summed E-state index contributed by atoms with van der Waals surface area (Å²) in [7, 11) is -3.97. The third-order valence-electron chi connectivity index (χ3n) is 5.05. The molecule has 0 bridgehead atoms. The van der Waals surface area contributed by atoms with E-state index in [0.717, 1.165) is 9.37 Å². The van der Waals surface area contributed by atoms with Crippen molar-refractivity contribution in [3.8, 4) is 0 Å². The van der Waals surface area contributed by atoms with E-state index in [4.69, 9.17) is 4.74 Å². The standard InChI is InChI=1S/C20H19BrN2O5S/c21-14-5-7-15(8-6-14)29(26,27)22-18-13-19-20(25,17-4-2-1-3-16(17)18)28-12-10-23(19)9-11-24/h1-8,13,24-25H,9-12H2/p+1/t20-/m1/s1. The van der Waals surface area contributed by atoms with Crippen molar-refractivity contribution >= 4 is 31.7 Å². The molecule has 2 aromatic carbocycles. The summed E-state index contributed by atoms with van der Waals surface area (Å²) in [5, 5.41) is 20.7. The molecule has 4 rings (SSSR count). The van der Waals surface area contributed by atoms with Crippen LogP contribution in [0, 0.1) is 0 Å². The number of rotatable bonds is 4. The lowest BCUT2D eigenvalue weighted by atomic mass is 9.86. The van der Waals surface area contributed by atoms with Crippen molar-refractivity contribution < 1.29 is 28.3 Å². The molecular weight excluding hydrogens is 460 g/mol. The first-order valence-corrected chi connectivity index (χ1v) is 11.3. The summed E-state index contributed by atoms with van der Waals surface area (Å²) in [5.41, 5.74) is 1.60. The Morgan fingerprint density at radius 2 is 1.90 bits per heavy atom. The number of hydrogen-bond donors (Lipinski definition) is 3. The summed E-state index contributed by atoms with van der Waals surface area (Å²) >= 11 is 3.29. The molecule has 1 aliphatic carbocycles. The van der Waals surface area contributed by atoms with Gasteiger partial charge in [-0.2, -0.15) is 12.8 Å². The molecule has 1 fully saturated rings. The van der Waals surface area contributed by atoms with E-state index >= 15 is 0 Å². The largest absolute Gasteiger partial charge is 0.391 e. The van der Waals surface area contributed by atoms with E-state index in [9.17, 15) is 18.6 Å². The molecule has 0 saturated carbocycles. The molecule has 1 saturated heterocycles. The van der Waals surface area contributed by atoms with Crippen molar-refractivity contribution in [2.45, 2.75) is 10.7 Å². The number of nitrogens with zero attached hydrogens (tertiary/aromatic N) is 1. The Labute approximate surface area is 177 Å². The molecule has 1 heterocycles. The number of morpholine rings is 1. The fraction of sp³-hybridized carbons (Fsp3) is 0.250. The number of allylic oxidation sites excluding steroid dienone is 1. The lowest BCUT2D eigenvalue weighted by Gasteiger charge is -2.41. The van der Waals surface area contributed by atoms with Crippen molar-refractivity contribution in [1.29, 1.82) is 0 Å². The van der Waals surface area contributed by atoms with Crippen molar-refractivity contribution in [2.24, 2.45) is 4.40 Å². The van der Waals surface area contributed by atoms with E-state index in [0.29, 0.717) is 36.5 Å². The van der Waals surface area contributed by atoms with E-state index in [1.54, 1.807) is 42.5 Å². The molecule has 29 heavy (non-hydrogen) atoms. The van der Waals surface area contributed by atoms with Gasteiger partial charge in [-0.25, -0.2) is 0 Å². The van der Waals surface area contributed by atoms with Crippen LogP contribution in [-0.2, 0) is 20.5 Å². The van der Waals surface area contributed by atoms with Gasteiger partial charge in [0.2, 0.25) is 0 Å². The van der Waals surface area contributed by atoms with Gasteiger partial charge in [-0.05, 0) is 24.3 Å². The van der Waals surface area contributed by atoms with Crippen LogP contribution in [0.3, 0.4) is 0 Å². The molecule has 152 valence electrons. The number of sulfonamides is 1. The van der Waals surface area contributed by atoms with Crippen LogP contribution >= 0.6 is 15.9 Å². The normalized spacial score (nSPS) is 25.3. The fourth-order valence-corrected chi connectivity index (χ4v) is 4.93. The lowest BCUT2D eigenvalue weighted by molar-refractivity contribution is -0.882. The zero-order chi connectivity index (χ0) is 20.6. The number of ether oxygens (including phenoxy) is 1. The Kier molecular flexibility index (Phi) is 5.45. The molecule has 0 amide bonds. The van der Waals surface area contributed by atoms with Crippen LogP contribution in [0.15, 0.2) is 74.1 Å². The molecule has 1 unspecified atom stereocenters. The maximum absolute atomic E-state index is 12.9. The molecule has 7 nitrogen and oxygen atoms in total. The molecule has 1 aliphatic heterocycles. The summed E-state index contributed by atoms with van der Waals surface area (Å²) < 4.78 is 36.4. The zero-order valence-electron chi connectivity index (χ0n) is 15.4. The first-order chi connectivity index (χ1) is 13.8. The number of nitrogens with one attached hydrogen (secondary N) is 1. The second-order valence-electron chi connectivity index (χ2n) is 6.83. The van der Waals surface area contributed by atoms with Gasteiger partial charge in [-0.1, -0.05) is 40.2 Å². The third kappa shape index (κ3) is 3.70. The predicted molar refractivity (Wildman–Crippen MR) is 110 cm³/mol. The number of aliphatic hydroxyl groups excluding tert-OH is 1. The van der Waals surface area contributed by atoms with Crippen molar-refractivity contribution in [3.05, 3.63) is 75.9 Å². The number of quaternary nitrogens is 1. The second kappa shape index (κ2) is 7.75. The van der Waals surface area contributed by atoms with Crippen LogP contribution in [0.2, 0.25) is 0 Å². The van der Waals surface area contributed by atoms with E-state index in [1.165, 1.54) is 12.1 Å². The number of benzene rings is 2. The highest BCUT2D eigenvalue weighted by atomic mass is 79.9. The third-order valence-corrected chi connectivity index (χ3v) is 6.89. The van der Waals surface area contributed by atoms with Crippen LogP contribution < -0.4 is 4.90 Å². The van der Waals surface area contributed by atoms with Crippen LogP contribution in [-0.4, -0.2) is 50.6 Å². The first kappa shape index (κ1) is 20.4. The van der Waals surface area contributed by atoms with Gasteiger partial charge >= 0.3 is 0 Å². The van der Waals surface area contributed by atoms with Crippen LogP contribution in [0.4, 0.5) is 0 Å². The SMILES string of the molecule is O=S(=O)(N=C1C=C2[NH+](CCO)CCO[C@]2(O)c2ccccc21)c1ccc(Br)cc1. The minimum atomic E-state index is -3.97. The smallest absolute Gasteiger partial charge is 0.282 e. The van der Waals surface area contributed by atoms with Crippen molar-refractivity contribution in [3.63, 3.8) is 0 Å². The minimum Gasteiger partial charge on any atom is -0.391 e. The van der Waals surface area contributed by atoms with Gasteiger partial charge in [0.15, 0.2) is 5.70 Å². The maximum atomic E-state index is 12.9. The second-order valence-corrected chi connectivity index (χ2v) is 9.35. The van der Waals surface area contributed by atoms with Gasteiger partial charge in [0.1, 0.15) is 19.7 Å². The number of halogens is 1. The van der Waals surface area contributed by atoms with Gasteiger partial charge in [-0.3, -0.25) is 4.90 Å². The molecule has 2 aliphatic rings. The maximum Gasteiger partial charge on any atom is 0.282 e. The van der Waals surface area contributed by atoms with E-state index in [-0.39, 0.29) is 17.2 Å². The van der Waals surface area contributed by atoms with E-state index in [1.807, 2.05) is 0 Å². The van der Waals surface area contributed by atoms with Crippen LogP contribution in [0.5, 0.6) is 0 Å². The summed E-state index contributed by atoms with van der Waals surface area (Å²) in [6.45, 7) is 1.14. The summed E-state index contributed by atoms with van der Waals surface area (Å²) in [4.78, 5) is 0.897. The average Bonchev–Trinajstić information content (AvgIpc) is 2.70. The molecule has 3 N–H and O–H groups in total. The molecule has 0 spiro atoms. The summed E-state index contributed by atoms with van der Waals surface area (Å²) in [6, 6.07) is 13.2. The fourth-order valence-electron chi connectivity index (χ4n) is 3.67. The van der Waals surface area contributed by atoms with Crippen LogP contribution in [0.25, 0.3) is 0 Å². The van der Waals surface area contributed by atoms with E-state index in [2.05, 4.69) is 20.3 Å². The first-order valence-electron chi connectivity index (χ1n) is 9.10. The number of hydrogen-bond acceptors (Lipinski definition) is 5. The molecule has 2 aromatic rings. The Hall–Kier alpha value is -1.88. The topological polar surface area (TPSA) is 101 Å². The summed E-state index contributed by atoms with van der Waals surface area (Å²) in [5.74, 6) is -1.68. The molecular formula is C20H20BrN2O5S+. The molecule has 0 radical (unpaired) electrons. The van der Waals surface area contributed by atoms with Gasteiger partial charge < -0.3 is 14.9 Å². The highest BCUT2D eigenvalue weighted by Crippen LogP contribution is 2.36. The van der Waals surface area contributed by atoms with Crippen molar-refractivity contribution in [1.82, 2.24) is 0 Å². The highest BCUT2D eigenvalue weighted by Gasteiger charge is 2.49. The Morgan fingerprint density at radius 1 is 1.17 bits per heavy atom. The minimum absolute atomic E-state index is 0.0735. The molecule has 9 heteroatoms. The van der Waals surface area contributed by atoms with E-state index < -0.39 is 15.8 Å². The number of fused-ring (bicyclic) bond motifs is 3. The molecule has 2 atom stereocenters. The Balaban J connectivity index is 1.88. The van der Waals surface area contributed by atoms with Gasteiger partial charge in [0.25, 0.3) is 15.8 Å².